The number of ether oxygens (including phenoxy) is 1. The van der Waals surface area contributed by atoms with Crippen molar-refractivity contribution in [3.8, 4) is 5.75 Å². The van der Waals surface area contributed by atoms with Crippen LogP contribution in [0.2, 0.25) is 0 Å². The molecule has 1 N–H and O–H groups in total. The summed E-state index contributed by atoms with van der Waals surface area (Å²) in [6.45, 7) is 6.52. The van der Waals surface area contributed by atoms with Crippen LogP contribution in [0.3, 0.4) is 0 Å². The molecule has 2 aromatic rings. The van der Waals surface area contributed by atoms with Crippen LogP contribution >= 0.6 is 0 Å². The Morgan fingerprint density at radius 2 is 1.95 bits per heavy atom. The highest BCUT2D eigenvalue weighted by molar-refractivity contribution is 5.60. The maximum atomic E-state index is 5.94. The second kappa shape index (κ2) is 6.54. The van der Waals surface area contributed by atoms with Crippen LogP contribution < -0.4 is 15.0 Å². The van der Waals surface area contributed by atoms with Gasteiger partial charge in [0, 0.05) is 38.6 Å². The standard InChI is InChI=1S/C16H20N4O/c1-13-3-4-15(21-12-16-18-5-2-6-19-16)14(11-13)20-9-7-17-8-10-20/h2-6,11,17H,7-10,12H2,1H3. The SMILES string of the molecule is Cc1ccc(OCc2ncccn2)c(N2CCNCC2)c1. The second-order valence-electron chi connectivity index (χ2n) is 5.16. The molecule has 0 atom stereocenters. The van der Waals surface area contributed by atoms with Crippen LogP contribution in [0.1, 0.15) is 11.4 Å². The molecule has 5 nitrogen and oxygen atoms in total. The molecule has 21 heavy (non-hydrogen) atoms. The van der Waals surface area contributed by atoms with Gasteiger partial charge in [-0.25, -0.2) is 9.97 Å². The number of aryl methyl sites for hydroxylation is 1. The highest BCUT2D eigenvalue weighted by atomic mass is 16.5. The van der Waals surface area contributed by atoms with Gasteiger partial charge in [-0.2, -0.15) is 0 Å². The zero-order chi connectivity index (χ0) is 14.5. The molecular formula is C16H20N4O. The van der Waals surface area contributed by atoms with E-state index in [1.807, 2.05) is 12.1 Å². The summed E-state index contributed by atoms with van der Waals surface area (Å²) in [5.74, 6) is 1.60. The molecule has 0 unspecified atom stereocenters. The van der Waals surface area contributed by atoms with Gasteiger partial charge in [-0.15, -0.1) is 0 Å². The van der Waals surface area contributed by atoms with Crippen molar-refractivity contribution in [1.29, 1.82) is 0 Å². The minimum Gasteiger partial charge on any atom is -0.483 e. The Morgan fingerprint density at radius 1 is 1.19 bits per heavy atom. The maximum absolute atomic E-state index is 5.94. The summed E-state index contributed by atoms with van der Waals surface area (Å²) < 4.78 is 5.94. The highest BCUT2D eigenvalue weighted by Crippen LogP contribution is 2.30. The van der Waals surface area contributed by atoms with Crippen molar-refractivity contribution in [2.24, 2.45) is 0 Å². The van der Waals surface area contributed by atoms with Gasteiger partial charge in [-0.1, -0.05) is 6.07 Å². The van der Waals surface area contributed by atoms with E-state index in [9.17, 15) is 0 Å². The number of anilines is 1. The van der Waals surface area contributed by atoms with Crippen LogP contribution in [0.5, 0.6) is 5.75 Å². The van der Waals surface area contributed by atoms with E-state index in [1.54, 1.807) is 12.4 Å². The molecular weight excluding hydrogens is 264 g/mol. The van der Waals surface area contributed by atoms with Crippen LogP contribution in [0, 0.1) is 6.92 Å². The summed E-state index contributed by atoms with van der Waals surface area (Å²) in [6, 6.07) is 8.11. The largest absolute Gasteiger partial charge is 0.483 e. The summed E-state index contributed by atoms with van der Waals surface area (Å²) in [4.78, 5) is 10.8. The number of benzene rings is 1. The Balaban J connectivity index is 1.77. The lowest BCUT2D eigenvalue weighted by atomic mass is 10.1. The van der Waals surface area contributed by atoms with Crippen LogP contribution in [0.15, 0.2) is 36.7 Å². The third-order valence-electron chi connectivity index (χ3n) is 3.55. The fourth-order valence-electron chi connectivity index (χ4n) is 2.45. The molecule has 1 aromatic heterocycles. The monoisotopic (exact) mass is 284 g/mol. The number of hydrogen-bond donors (Lipinski definition) is 1. The summed E-state index contributed by atoms with van der Waals surface area (Å²) in [6.07, 6.45) is 3.47. The van der Waals surface area contributed by atoms with Crippen molar-refractivity contribution in [2.45, 2.75) is 13.5 Å². The molecule has 0 radical (unpaired) electrons. The lowest BCUT2D eigenvalue weighted by molar-refractivity contribution is 0.295. The van der Waals surface area contributed by atoms with E-state index < -0.39 is 0 Å². The van der Waals surface area contributed by atoms with Gasteiger partial charge in [0.15, 0.2) is 5.82 Å². The van der Waals surface area contributed by atoms with Gasteiger partial charge in [-0.05, 0) is 30.7 Å². The molecule has 1 saturated heterocycles. The normalized spacial score (nSPS) is 15.0. The van der Waals surface area contributed by atoms with E-state index in [1.165, 1.54) is 5.56 Å². The van der Waals surface area contributed by atoms with Gasteiger partial charge < -0.3 is 15.0 Å². The molecule has 0 saturated carbocycles. The predicted octanol–water partition coefficient (Wildman–Crippen LogP) is 1.77. The van der Waals surface area contributed by atoms with Gasteiger partial charge in [-0.3, -0.25) is 0 Å². The van der Waals surface area contributed by atoms with Crippen LogP contribution in [0.4, 0.5) is 5.69 Å². The third-order valence-corrected chi connectivity index (χ3v) is 3.55. The van der Waals surface area contributed by atoms with Crippen LogP contribution in [0.25, 0.3) is 0 Å². The van der Waals surface area contributed by atoms with Crippen molar-refractivity contribution in [2.75, 3.05) is 31.1 Å². The quantitative estimate of drug-likeness (QED) is 0.927. The smallest absolute Gasteiger partial charge is 0.166 e. The number of aromatic nitrogens is 2. The molecule has 0 spiro atoms. The summed E-state index contributed by atoms with van der Waals surface area (Å²) in [5.41, 5.74) is 2.40. The maximum Gasteiger partial charge on any atom is 0.166 e. The molecule has 1 fully saturated rings. The summed E-state index contributed by atoms with van der Waals surface area (Å²) >= 11 is 0. The first-order chi connectivity index (χ1) is 10.3. The first kappa shape index (κ1) is 13.8. The van der Waals surface area contributed by atoms with Crippen LogP contribution in [-0.4, -0.2) is 36.1 Å². The lowest BCUT2D eigenvalue weighted by Crippen LogP contribution is -2.43. The number of hydrogen-bond acceptors (Lipinski definition) is 5. The topological polar surface area (TPSA) is 50.3 Å². The fourth-order valence-corrected chi connectivity index (χ4v) is 2.45. The zero-order valence-corrected chi connectivity index (χ0v) is 12.2. The minimum absolute atomic E-state index is 0.392. The van der Waals surface area contributed by atoms with E-state index in [0.29, 0.717) is 12.4 Å². The van der Waals surface area contributed by atoms with Gasteiger partial charge in [0.1, 0.15) is 12.4 Å². The first-order valence-electron chi connectivity index (χ1n) is 7.28. The Hall–Kier alpha value is -2.14. The molecule has 2 heterocycles. The highest BCUT2D eigenvalue weighted by Gasteiger charge is 2.15. The molecule has 1 aliphatic heterocycles. The van der Waals surface area contributed by atoms with Gasteiger partial charge in [0.25, 0.3) is 0 Å². The van der Waals surface area contributed by atoms with E-state index in [2.05, 4.69) is 39.2 Å². The molecule has 0 amide bonds. The fraction of sp³-hybridized carbons (Fsp3) is 0.375. The first-order valence-corrected chi connectivity index (χ1v) is 7.28. The Labute approximate surface area is 125 Å². The number of piperazine rings is 1. The van der Waals surface area contributed by atoms with Gasteiger partial charge >= 0.3 is 0 Å². The minimum atomic E-state index is 0.392. The van der Waals surface area contributed by atoms with E-state index in [4.69, 9.17) is 4.74 Å². The number of rotatable bonds is 4. The average molecular weight is 284 g/mol. The van der Waals surface area contributed by atoms with Crippen molar-refractivity contribution in [1.82, 2.24) is 15.3 Å². The Morgan fingerprint density at radius 3 is 2.71 bits per heavy atom. The molecule has 1 aromatic carbocycles. The Bertz CT molecular complexity index is 582. The predicted molar refractivity (Wildman–Crippen MR) is 82.6 cm³/mol. The molecule has 1 aliphatic rings. The number of nitrogens with one attached hydrogen (secondary N) is 1. The Kier molecular flexibility index (Phi) is 4.31. The van der Waals surface area contributed by atoms with Crippen molar-refractivity contribution < 1.29 is 4.74 Å². The lowest BCUT2D eigenvalue weighted by Gasteiger charge is -2.31. The van der Waals surface area contributed by atoms with E-state index in [0.717, 1.165) is 37.6 Å². The third kappa shape index (κ3) is 3.49. The van der Waals surface area contributed by atoms with E-state index >= 15 is 0 Å². The summed E-state index contributed by atoms with van der Waals surface area (Å²) in [5, 5.41) is 3.37. The average Bonchev–Trinajstić information content (AvgIpc) is 2.55. The van der Waals surface area contributed by atoms with Crippen molar-refractivity contribution >= 4 is 5.69 Å². The zero-order valence-electron chi connectivity index (χ0n) is 12.2. The van der Waals surface area contributed by atoms with Crippen molar-refractivity contribution in [3.05, 3.63) is 48.0 Å². The molecule has 110 valence electrons. The second-order valence-corrected chi connectivity index (χ2v) is 5.16. The number of nitrogens with zero attached hydrogens (tertiary/aromatic N) is 3. The van der Waals surface area contributed by atoms with Crippen molar-refractivity contribution in [3.63, 3.8) is 0 Å². The van der Waals surface area contributed by atoms with Gasteiger partial charge in [0.2, 0.25) is 0 Å². The van der Waals surface area contributed by atoms with Gasteiger partial charge in [0.05, 0.1) is 5.69 Å². The molecule has 0 aliphatic carbocycles. The summed E-state index contributed by atoms with van der Waals surface area (Å²) in [7, 11) is 0. The van der Waals surface area contributed by atoms with E-state index in [-0.39, 0.29) is 0 Å². The molecule has 0 bridgehead atoms. The molecule has 5 heteroatoms. The van der Waals surface area contributed by atoms with Crippen LogP contribution in [-0.2, 0) is 6.61 Å². The molecule has 3 rings (SSSR count).